The van der Waals surface area contributed by atoms with Crippen LogP contribution in [0, 0.1) is 0 Å². The Morgan fingerprint density at radius 2 is 2.05 bits per heavy atom. The Hall–Kier alpha value is -2.25. The van der Waals surface area contributed by atoms with Gasteiger partial charge in [0.15, 0.2) is 0 Å². The largest absolute Gasteiger partial charge is 0.478 e. The summed E-state index contributed by atoms with van der Waals surface area (Å²) in [6.45, 7) is 0. The van der Waals surface area contributed by atoms with Gasteiger partial charge in [-0.25, -0.2) is 9.59 Å². The van der Waals surface area contributed by atoms with E-state index in [1.165, 1.54) is 6.07 Å². The summed E-state index contributed by atoms with van der Waals surface area (Å²) >= 11 is 0. The highest BCUT2D eigenvalue weighted by Crippen LogP contribution is 2.32. The van der Waals surface area contributed by atoms with E-state index in [4.69, 9.17) is 5.11 Å². The Morgan fingerprint density at radius 3 is 2.63 bits per heavy atom. The van der Waals surface area contributed by atoms with Crippen molar-refractivity contribution in [2.45, 2.75) is 18.3 Å². The fraction of sp³-hybridized carbons (Fsp3) is 0.273. The number of hydrogen-bond acceptors (Lipinski definition) is 3. The van der Waals surface area contributed by atoms with Gasteiger partial charge in [0.25, 0.3) is 0 Å². The summed E-state index contributed by atoms with van der Waals surface area (Å²) in [6, 6.07) is 2.94. The standard InChI is InChI=1S/C11H8F3NO4/c12-11(13,14)6-3-1-2-5(4-6)7-8(9(16)17)19-10(18)15-7/h1-4,7-8H,(H,15,18)(H,16,17). The Kier molecular flexibility index (Phi) is 3.09. The zero-order chi connectivity index (χ0) is 14.2. The van der Waals surface area contributed by atoms with Crippen molar-refractivity contribution in [3.63, 3.8) is 0 Å². The van der Waals surface area contributed by atoms with Gasteiger partial charge in [0.05, 0.1) is 5.56 Å². The van der Waals surface area contributed by atoms with Crippen molar-refractivity contribution in [2.24, 2.45) is 0 Å². The third-order valence-electron chi connectivity index (χ3n) is 2.63. The molecule has 0 bridgehead atoms. The molecule has 8 heteroatoms. The van der Waals surface area contributed by atoms with Crippen molar-refractivity contribution in [1.82, 2.24) is 5.32 Å². The molecule has 0 radical (unpaired) electrons. The molecule has 102 valence electrons. The van der Waals surface area contributed by atoms with Crippen LogP contribution < -0.4 is 5.32 Å². The summed E-state index contributed by atoms with van der Waals surface area (Å²) in [6.07, 6.45) is -7.07. The van der Waals surface area contributed by atoms with Crippen LogP contribution in [-0.4, -0.2) is 23.3 Å². The zero-order valence-corrected chi connectivity index (χ0v) is 9.27. The molecule has 2 unspecified atom stereocenters. The van der Waals surface area contributed by atoms with Crippen LogP contribution in [0.1, 0.15) is 17.2 Å². The van der Waals surface area contributed by atoms with Gasteiger partial charge < -0.3 is 15.2 Å². The minimum Gasteiger partial charge on any atom is -0.478 e. The van der Waals surface area contributed by atoms with E-state index in [2.05, 4.69) is 10.1 Å². The number of alkyl halides is 3. The normalized spacial score (nSPS) is 22.8. The molecule has 0 aliphatic carbocycles. The smallest absolute Gasteiger partial charge is 0.416 e. The molecule has 0 spiro atoms. The molecule has 1 aliphatic rings. The zero-order valence-electron chi connectivity index (χ0n) is 9.27. The molecule has 2 rings (SSSR count). The molecule has 1 aromatic rings. The molecule has 1 aromatic carbocycles. The van der Waals surface area contributed by atoms with Gasteiger partial charge in [-0.1, -0.05) is 12.1 Å². The predicted octanol–water partition coefficient (Wildman–Crippen LogP) is 1.94. The average molecular weight is 275 g/mol. The van der Waals surface area contributed by atoms with E-state index < -0.39 is 35.9 Å². The van der Waals surface area contributed by atoms with Crippen molar-refractivity contribution in [1.29, 1.82) is 0 Å². The second-order valence-corrected chi connectivity index (χ2v) is 3.91. The molecule has 2 N–H and O–H groups in total. The molecule has 0 aromatic heterocycles. The van der Waals surface area contributed by atoms with Gasteiger partial charge in [0, 0.05) is 0 Å². The number of carboxylic acid groups (broad SMARTS) is 1. The minimum absolute atomic E-state index is 0.0214. The first-order valence-corrected chi connectivity index (χ1v) is 5.16. The monoisotopic (exact) mass is 275 g/mol. The van der Waals surface area contributed by atoms with E-state index in [1.807, 2.05) is 0 Å². The van der Waals surface area contributed by atoms with E-state index in [0.29, 0.717) is 0 Å². The first kappa shape index (κ1) is 13.2. The fourth-order valence-corrected chi connectivity index (χ4v) is 1.78. The van der Waals surface area contributed by atoms with Gasteiger partial charge in [0.2, 0.25) is 6.10 Å². The molecule has 1 fully saturated rings. The Balaban J connectivity index is 2.36. The quantitative estimate of drug-likeness (QED) is 0.864. The third kappa shape index (κ3) is 2.61. The number of aliphatic carboxylic acids is 1. The van der Waals surface area contributed by atoms with Crippen LogP contribution in [0.25, 0.3) is 0 Å². The number of rotatable bonds is 2. The number of amides is 1. The molecule has 2 atom stereocenters. The van der Waals surface area contributed by atoms with Crippen molar-refractivity contribution in [2.75, 3.05) is 0 Å². The van der Waals surface area contributed by atoms with E-state index in [1.54, 1.807) is 0 Å². The lowest BCUT2D eigenvalue weighted by Crippen LogP contribution is -2.29. The molecular formula is C11H8F3NO4. The summed E-state index contributed by atoms with van der Waals surface area (Å²) in [5.41, 5.74) is -0.900. The van der Waals surface area contributed by atoms with E-state index in [0.717, 1.165) is 18.2 Å². The number of benzene rings is 1. The SMILES string of the molecule is O=C1NC(c2cccc(C(F)(F)F)c2)C(C(=O)O)O1. The Morgan fingerprint density at radius 1 is 1.37 bits per heavy atom. The van der Waals surface area contributed by atoms with Crippen LogP contribution in [0.15, 0.2) is 24.3 Å². The first-order valence-electron chi connectivity index (χ1n) is 5.16. The molecule has 1 saturated heterocycles. The second-order valence-electron chi connectivity index (χ2n) is 3.91. The lowest BCUT2D eigenvalue weighted by atomic mass is 10.00. The predicted molar refractivity (Wildman–Crippen MR) is 55.2 cm³/mol. The number of carboxylic acids is 1. The highest BCUT2D eigenvalue weighted by molar-refractivity contribution is 5.82. The Bertz CT molecular complexity index is 529. The van der Waals surface area contributed by atoms with Crippen molar-refractivity contribution in [3.8, 4) is 0 Å². The van der Waals surface area contributed by atoms with Crippen LogP contribution >= 0.6 is 0 Å². The average Bonchev–Trinajstić information content (AvgIpc) is 2.71. The third-order valence-corrected chi connectivity index (χ3v) is 2.63. The van der Waals surface area contributed by atoms with E-state index in [-0.39, 0.29) is 5.56 Å². The molecule has 1 amide bonds. The fourth-order valence-electron chi connectivity index (χ4n) is 1.78. The maximum Gasteiger partial charge on any atom is 0.416 e. The number of carbonyl (C=O) groups is 2. The van der Waals surface area contributed by atoms with E-state index >= 15 is 0 Å². The highest BCUT2D eigenvalue weighted by Gasteiger charge is 2.41. The lowest BCUT2D eigenvalue weighted by Gasteiger charge is -2.15. The molecule has 5 nitrogen and oxygen atoms in total. The number of nitrogens with one attached hydrogen (secondary N) is 1. The topological polar surface area (TPSA) is 75.6 Å². The van der Waals surface area contributed by atoms with Crippen LogP contribution in [0.3, 0.4) is 0 Å². The van der Waals surface area contributed by atoms with Gasteiger partial charge >= 0.3 is 18.2 Å². The number of cyclic esters (lactones) is 1. The lowest BCUT2D eigenvalue weighted by molar-refractivity contribution is -0.146. The van der Waals surface area contributed by atoms with Crippen molar-refractivity contribution in [3.05, 3.63) is 35.4 Å². The van der Waals surface area contributed by atoms with Gasteiger partial charge in [-0.15, -0.1) is 0 Å². The second kappa shape index (κ2) is 4.45. The summed E-state index contributed by atoms with van der Waals surface area (Å²) in [5, 5.41) is 11.0. The van der Waals surface area contributed by atoms with Crippen molar-refractivity contribution >= 4 is 12.1 Å². The van der Waals surface area contributed by atoms with Crippen LogP contribution in [0.2, 0.25) is 0 Å². The number of alkyl carbamates (subject to hydrolysis) is 1. The molecule has 1 aliphatic heterocycles. The molecule has 19 heavy (non-hydrogen) atoms. The van der Waals surface area contributed by atoms with Crippen molar-refractivity contribution < 1.29 is 32.6 Å². The maximum absolute atomic E-state index is 12.6. The maximum atomic E-state index is 12.6. The summed E-state index contributed by atoms with van der Waals surface area (Å²) in [4.78, 5) is 21.9. The van der Waals surface area contributed by atoms with Gasteiger partial charge in [0.1, 0.15) is 6.04 Å². The number of hydrogen-bond donors (Lipinski definition) is 2. The molecular weight excluding hydrogens is 267 g/mol. The number of ether oxygens (including phenoxy) is 1. The Labute approximate surface area is 105 Å². The molecule has 1 heterocycles. The highest BCUT2D eigenvalue weighted by atomic mass is 19.4. The summed E-state index contributed by atoms with van der Waals surface area (Å²) in [5.74, 6) is -1.43. The summed E-state index contributed by atoms with van der Waals surface area (Å²) in [7, 11) is 0. The first-order chi connectivity index (χ1) is 8.79. The summed E-state index contributed by atoms with van der Waals surface area (Å²) < 4.78 is 42.1. The number of halogens is 3. The number of carbonyl (C=O) groups excluding carboxylic acids is 1. The molecule has 0 saturated carbocycles. The van der Waals surface area contributed by atoms with Gasteiger partial charge in [-0.2, -0.15) is 13.2 Å². The minimum atomic E-state index is -4.54. The van der Waals surface area contributed by atoms with Crippen LogP contribution in [0.5, 0.6) is 0 Å². The van der Waals surface area contributed by atoms with Crippen LogP contribution in [0.4, 0.5) is 18.0 Å². The van der Waals surface area contributed by atoms with Gasteiger partial charge in [-0.3, -0.25) is 0 Å². The van der Waals surface area contributed by atoms with Gasteiger partial charge in [-0.05, 0) is 17.7 Å². The van der Waals surface area contributed by atoms with E-state index in [9.17, 15) is 22.8 Å². The van der Waals surface area contributed by atoms with Crippen LogP contribution in [-0.2, 0) is 15.7 Å².